The number of hydrogen-bond acceptors (Lipinski definition) is 4. The highest BCUT2D eigenvalue weighted by atomic mass is 32.1. The van der Waals surface area contributed by atoms with Crippen molar-refractivity contribution in [3.63, 3.8) is 0 Å². The first-order valence-electron chi connectivity index (χ1n) is 7.31. The fourth-order valence-electron chi connectivity index (χ4n) is 2.19. The lowest BCUT2D eigenvalue weighted by molar-refractivity contribution is 0.0925. The molecular weight excluding hydrogens is 296 g/mol. The number of amides is 1. The summed E-state index contributed by atoms with van der Waals surface area (Å²) in [6.07, 6.45) is 0. The highest BCUT2D eigenvalue weighted by Gasteiger charge is 2.29. The third kappa shape index (κ3) is 3.36. The zero-order chi connectivity index (χ0) is 16.3. The Balaban J connectivity index is 2.31. The molecule has 2 aromatic rings. The molecule has 0 radical (unpaired) electrons. The predicted octanol–water partition coefficient (Wildman–Crippen LogP) is 2.89. The van der Waals surface area contributed by atoms with Crippen LogP contribution in [0.2, 0.25) is 0 Å². The van der Waals surface area contributed by atoms with E-state index in [1.54, 1.807) is 6.92 Å². The van der Waals surface area contributed by atoms with E-state index in [4.69, 9.17) is 5.11 Å². The van der Waals surface area contributed by atoms with Gasteiger partial charge in [-0.1, -0.05) is 30.3 Å². The van der Waals surface area contributed by atoms with Crippen LogP contribution < -0.4 is 5.32 Å². The van der Waals surface area contributed by atoms with Gasteiger partial charge >= 0.3 is 0 Å². The number of nitrogens with one attached hydrogen (secondary N) is 1. The van der Waals surface area contributed by atoms with Crippen molar-refractivity contribution in [3.8, 4) is 0 Å². The summed E-state index contributed by atoms with van der Waals surface area (Å²) in [6.45, 7) is 7.76. The van der Waals surface area contributed by atoms with Gasteiger partial charge in [0.25, 0.3) is 5.91 Å². The molecule has 0 spiro atoms. The van der Waals surface area contributed by atoms with Gasteiger partial charge in [-0.3, -0.25) is 4.79 Å². The van der Waals surface area contributed by atoms with Gasteiger partial charge in [0.2, 0.25) is 0 Å². The van der Waals surface area contributed by atoms with Crippen LogP contribution >= 0.6 is 11.3 Å². The van der Waals surface area contributed by atoms with Gasteiger partial charge in [-0.05, 0) is 33.3 Å². The molecule has 22 heavy (non-hydrogen) atoms. The van der Waals surface area contributed by atoms with Crippen LogP contribution in [0.4, 0.5) is 0 Å². The molecule has 1 atom stereocenters. The van der Waals surface area contributed by atoms with Crippen LogP contribution in [-0.2, 0) is 5.41 Å². The zero-order valence-electron chi connectivity index (χ0n) is 13.4. The molecule has 0 aliphatic heterocycles. The lowest BCUT2D eigenvalue weighted by Crippen LogP contribution is -2.34. The van der Waals surface area contributed by atoms with E-state index in [0.717, 1.165) is 10.7 Å². The molecule has 5 heteroatoms. The average molecular weight is 318 g/mol. The molecule has 0 unspecified atom stereocenters. The Hall–Kier alpha value is -1.72. The quantitative estimate of drug-likeness (QED) is 0.891. The average Bonchev–Trinajstić information content (AvgIpc) is 2.90. The lowest BCUT2D eigenvalue weighted by Gasteiger charge is -2.22. The van der Waals surface area contributed by atoms with E-state index < -0.39 is 0 Å². The maximum Gasteiger partial charge on any atom is 0.263 e. The van der Waals surface area contributed by atoms with E-state index in [1.807, 2.05) is 25.1 Å². The van der Waals surface area contributed by atoms with Crippen molar-refractivity contribution in [2.45, 2.75) is 39.2 Å². The summed E-state index contributed by atoms with van der Waals surface area (Å²) < 4.78 is 0. The molecule has 1 aromatic heterocycles. The second-order valence-electron chi connectivity index (χ2n) is 5.98. The minimum atomic E-state index is -0.264. The van der Waals surface area contributed by atoms with E-state index >= 15 is 0 Å². The Morgan fingerprint density at radius 1 is 1.36 bits per heavy atom. The summed E-state index contributed by atoms with van der Waals surface area (Å²) in [6, 6.07) is 9.89. The van der Waals surface area contributed by atoms with Gasteiger partial charge in [-0.2, -0.15) is 0 Å². The monoisotopic (exact) mass is 318 g/mol. The summed E-state index contributed by atoms with van der Waals surface area (Å²) in [5.41, 5.74) is 1.64. The summed E-state index contributed by atoms with van der Waals surface area (Å²) in [5, 5.41) is 12.7. The van der Waals surface area contributed by atoms with Gasteiger partial charge < -0.3 is 10.4 Å². The molecular formula is C17H22N2O2S. The molecule has 1 amide bonds. The number of carbonyl (C=O) groups excluding carboxylic acids is 1. The smallest absolute Gasteiger partial charge is 0.263 e. The van der Waals surface area contributed by atoms with Crippen LogP contribution in [0.15, 0.2) is 30.3 Å². The third-order valence-corrected chi connectivity index (χ3v) is 5.16. The Labute approximate surface area is 135 Å². The van der Waals surface area contributed by atoms with E-state index in [-0.39, 0.29) is 24.0 Å². The molecule has 4 nitrogen and oxygen atoms in total. The van der Waals surface area contributed by atoms with Crippen molar-refractivity contribution in [1.82, 2.24) is 10.3 Å². The molecule has 0 aliphatic rings. The maximum atomic E-state index is 12.3. The standard InChI is InChI=1S/C17H22N2O2S/c1-11(10-20)18-15(21)14-12(2)19-16(22-14)17(3,4)13-8-6-5-7-9-13/h5-9,11,20H,10H2,1-4H3,(H,18,21)/t11-/m0/s1. The molecule has 0 bridgehead atoms. The van der Waals surface area contributed by atoms with E-state index in [1.165, 1.54) is 16.9 Å². The molecule has 0 saturated carbocycles. The van der Waals surface area contributed by atoms with Gasteiger partial charge in [0.1, 0.15) is 9.88 Å². The van der Waals surface area contributed by atoms with Crippen LogP contribution in [-0.4, -0.2) is 28.6 Å². The molecule has 0 saturated heterocycles. The summed E-state index contributed by atoms with van der Waals surface area (Å²) in [7, 11) is 0. The molecule has 118 valence electrons. The van der Waals surface area contributed by atoms with Crippen molar-refractivity contribution in [2.75, 3.05) is 6.61 Å². The summed E-state index contributed by atoms with van der Waals surface area (Å²) in [4.78, 5) is 17.5. The number of benzene rings is 1. The van der Waals surface area contributed by atoms with Crippen LogP contribution in [0, 0.1) is 6.92 Å². The van der Waals surface area contributed by atoms with Crippen molar-refractivity contribution in [2.24, 2.45) is 0 Å². The van der Waals surface area contributed by atoms with E-state index in [0.29, 0.717) is 4.88 Å². The lowest BCUT2D eigenvalue weighted by atomic mass is 9.85. The number of thiazole rings is 1. The second kappa shape index (κ2) is 6.58. The van der Waals surface area contributed by atoms with Gasteiger partial charge in [-0.15, -0.1) is 11.3 Å². The first-order chi connectivity index (χ1) is 10.4. The number of nitrogens with zero attached hydrogens (tertiary/aromatic N) is 1. The predicted molar refractivity (Wildman–Crippen MR) is 89.4 cm³/mol. The number of aromatic nitrogens is 1. The third-order valence-electron chi connectivity index (χ3n) is 3.68. The van der Waals surface area contributed by atoms with Crippen molar-refractivity contribution in [3.05, 3.63) is 51.5 Å². The maximum absolute atomic E-state index is 12.3. The fraction of sp³-hybridized carbons (Fsp3) is 0.412. The molecule has 1 heterocycles. The van der Waals surface area contributed by atoms with Gasteiger partial charge in [0, 0.05) is 11.5 Å². The number of carbonyl (C=O) groups is 1. The molecule has 0 aliphatic carbocycles. The molecule has 1 aromatic carbocycles. The first kappa shape index (κ1) is 16.6. The van der Waals surface area contributed by atoms with Crippen LogP contribution in [0.1, 0.15) is 46.7 Å². The number of aryl methyl sites for hydroxylation is 1. The minimum Gasteiger partial charge on any atom is -0.394 e. The molecule has 2 N–H and O–H groups in total. The van der Waals surface area contributed by atoms with Crippen molar-refractivity contribution < 1.29 is 9.90 Å². The number of aliphatic hydroxyl groups is 1. The van der Waals surface area contributed by atoms with Crippen LogP contribution in [0.5, 0.6) is 0 Å². The number of hydrogen-bond donors (Lipinski definition) is 2. The highest BCUT2D eigenvalue weighted by Crippen LogP contribution is 2.35. The topological polar surface area (TPSA) is 62.2 Å². The molecule has 0 fully saturated rings. The Kier molecular flexibility index (Phi) is 4.98. The first-order valence-corrected chi connectivity index (χ1v) is 8.13. The highest BCUT2D eigenvalue weighted by molar-refractivity contribution is 7.14. The summed E-state index contributed by atoms with van der Waals surface area (Å²) in [5.74, 6) is -0.174. The van der Waals surface area contributed by atoms with Gasteiger partial charge in [0.15, 0.2) is 0 Å². The minimum absolute atomic E-state index is 0.0774. The Morgan fingerprint density at radius 2 is 2.00 bits per heavy atom. The SMILES string of the molecule is Cc1nc(C(C)(C)c2ccccc2)sc1C(=O)N[C@@H](C)CO. The van der Waals surface area contributed by atoms with E-state index in [2.05, 4.69) is 36.3 Å². The molecule has 2 rings (SSSR count). The van der Waals surface area contributed by atoms with Gasteiger partial charge in [-0.25, -0.2) is 4.98 Å². The Bertz CT molecular complexity index is 650. The zero-order valence-corrected chi connectivity index (χ0v) is 14.2. The van der Waals surface area contributed by atoms with Crippen LogP contribution in [0.25, 0.3) is 0 Å². The van der Waals surface area contributed by atoms with Crippen molar-refractivity contribution >= 4 is 17.2 Å². The summed E-state index contributed by atoms with van der Waals surface area (Å²) >= 11 is 1.42. The van der Waals surface area contributed by atoms with Crippen molar-refractivity contribution in [1.29, 1.82) is 0 Å². The fourth-order valence-corrected chi connectivity index (χ4v) is 3.28. The van der Waals surface area contributed by atoms with E-state index in [9.17, 15) is 4.79 Å². The normalized spacial score (nSPS) is 13.0. The van der Waals surface area contributed by atoms with Gasteiger partial charge in [0.05, 0.1) is 12.3 Å². The van der Waals surface area contributed by atoms with Crippen LogP contribution in [0.3, 0.4) is 0 Å². The number of aliphatic hydroxyl groups excluding tert-OH is 1. The largest absolute Gasteiger partial charge is 0.394 e. The second-order valence-corrected chi connectivity index (χ2v) is 6.98. The number of rotatable bonds is 5. The Morgan fingerprint density at radius 3 is 2.59 bits per heavy atom.